The molecule has 3 amide bonds. The van der Waals surface area contributed by atoms with Crippen molar-refractivity contribution in [2.45, 2.75) is 50.7 Å². The number of benzene rings is 1. The van der Waals surface area contributed by atoms with Gasteiger partial charge in [0.1, 0.15) is 17.5 Å². The molecule has 3 aliphatic heterocycles. The molecule has 8 nitrogen and oxygen atoms in total. The second-order valence-electron chi connectivity index (χ2n) is 9.67. The fraction of sp³-hybridized carbons (Fsp3) is 0.385. The SMILES string of the molecule is O=C1CCC(N2Cc3c(cc(F)cc3C3CCN(Cc4cn5ccccc5n4)CC3)C2=O)C(=O)N1. The van der Waals surface area contributed by atoms with Crippen LogP contribution in [0.5, 0.6) is 0 Å². The van der Waals surface area contributed by atoms with Gasteiger partial charge < -0.3 is 9.30 Å². The van der Waals surface area contributed by atoms with Crippen molar-refractivity contribution in [1.29, 1.82) is 0 Å². The maximum atomic E-state index is 14.6. The van der Waals surface area contributed by atoms with Crippen molar-refractivity contribution in [3.05, 3.63) is 70.9 Å². The van der Waals surface area contributed by atoms with E-state index in [9.17, 15) is 18.8 Å². The number of imide groups is 1. The first-order valence-corrected chi connectivity index (χ1v) is 12.1. The largest absolute Gasteiger partial charge is 0.322 e. The summed E-state index contributed by atoms with van der Waals surface area (Å²) in [5.41, 5.74) is 3.98. The average Bonchev–Trinajstić information content (AvgIpc) is 3.40. The summed E-state index contributed by atoms with van der Waals surface area (Å²) in [5, 5.41) is 2.32. The Morgan fingerprint density at radius 2 is 1.91 bits per heavy atom. The number of halogens is 1. The number of hydrogen-bond donors (Lipinski definition) is 1. The molecule has 0 radical (unpaired) electrons. The molecule has 180 valence electrons. The fourth-order valence-electron chi connectivity index (χ4n) is 5.71. The first-order valence-electron chi connectivity index (χ1n) is 12.1. The monoisotopic (exact) mass is 475 g/mol. The highest BCUT2D eigenvalue weighted by Crippen LogP contribution is 2.38. The van der Waals surface area contributed by atoms with Crippen LogP contribution in [0.25, 0.3) is 5.65 Å². The van der Waals surface area contributed by atoms with E-state index in [1.165, 1.54) is 11.0 Å². The average molecular weight is 476 g/mol. The van der Waals surface area contributed by atoms with E-state index >= 15 is 0 Å². The molecule has 2 saturated heterocycles. The zero-order chi connectivity index (χ0) is 24.1. The number of carbonyl (C=O) groups is 3. The van der Waals surface area contributed by atoms with Crippen molar-refractivity contribution in [2.24, 2.45) is 0 Å². The number of aromatic nitrogens is 2. The minimum absolute atomic E-state index is 0.145. The molecule has 35 heavy (non-hydrogen) atoms. The third-order valence-corrected chi connectivity index (χ3v) is 7.48. The molecule has 2 fully saturated rings. The summed E-state index contributed by atoms with van der Waals surface area (Å²) in [6, 6.07) is 8.08. The van der Waals surface area contributed by atoms with Crippen LogP contribution in [0.3, 0.4) is 0 Å². The van der Waals surface area contributed by atoms with Crippen LogP contribution in [0.15, 0.2) is 42.7 Å². The number of nitrogens with zero attached hydrogens (tertiary/aromatic N) is 4. The van der Waals surface area contributed by atoms with Gasteiger partial charge in [0.25, 0.3) is 5.91 Å². The highest BCUT2D eigenvalue weighted by atomic mass is 19.1. The van der Waals surface area contributed by atoms with Crippen LogP contribution in [0, 0.1) is 5.82 Å². The summed E-state index contributed by atoms with van der Waals surface area (Å²) >= 11 is 0. The van der Waals surface area contributed by atoms with Crippen LogP contribution in [0.4, 0.5) is 4.39 Å². The Morgan fingerprint density at radius 1 is 1.09 bits per heavy atom. The number of rotatable bonds is 4. The summed E-state index contributed by atoms with van der Waals surface area (Å²) in [6.07, 6.45) is 6.25. The smallest absolute Gasteiger partial charge is 0.255 e. The molecule has 2 aromatic heterocycles. The number of carbonyl (C=O) groups excluding carboxylic acids is 3. The Labute approximate surface area is 201 Å². The van der Waals surface area contributed by atoms with E-state index in [-0.39, 0.29) is 30.7 Å². The molecule has 5 heterocycles. The third kappa shape index (κ3) is 3.99. The number of fused-ring (bicyclic) bond motifs is 2. The van der Waals surface area contributed by atoms with Crippen LogP contribution in [0.1, 0.15) is 58.8 Å². The summed E-state index contributed by atoms with van der Waals surface area (Å²) in [7, 11) is 0. The lowest BCUT2D eigenvalue weighted by Crippen LogP contribution is -2.52. The van der Waals surface area contributed by atoms with Gasteiger partial charge in [0.05, 0.1) is 5.69 Å². The summed E-state index contributed by atoms with van der Waals surface area (Å²) < 4.78 is 16.6. The number of nitrogens with one attached hydrogen (secondary N) is 1. The van der Waals surface area contributed by atoms with Crippen molar-refractivity contribution >= 4 is 23.4 Å². The van der Waals surface area contributed by atoms with Gasteiger partial charge in [0.2, 0.25) is 11.8 Å². The Balaban J connectivity index is 1.17. The molecule has 1 aromatic carbocycles. The van der Waals surface area contributed by atoms with Gasteiger partial charge in [-0.1, -0.05) is 6.07 Å². The zero-order valence-corrected chi connectivity index (χ0v) is 19.2. The lowest BCUT2D eigenvalue weighted by molar-refractivity contribution is -0.136. The topological polar surface area (TPSA) is 87.0 Å². The number of piperidine rings is 2. The number of pyridine rings is 1. The van der Waals surface area contributed by atoms with Crippen molar-refractivity contribution < 1.29 is 18.8 Å². The Bertz CT molecular complexity index is 1310. The van der Waals surface area contributed by atoms with E-state index in [2.05, 4.69) is 21.4 Å². The van der Waals surface area contributed by atoms with Crippen LogP contribution >= 0.6 is 0 Å². The van der Waals surface area contributed by atoms with E-state index in [1.54, 1.807) is 6.07 Å². The van der Waals surface area contributed by atoms with Crippen molar-refractivity contribution in [3.63, 3.8) is 0 Å². The van der Waals surface area contributed by atoms with Crippen LogP contribution in [0.2, 0.25) is 0 Å². The van der Waals surface area contributed by atoms with Crippen molar-refractivity contribution in [3.8, 4) is 0 Å². The highest BCUT2D eigenvalue weighted by molar-refractivity contribution is 6.05. The number of imidazole rings is 1. The van der Waals surface area contributed by atoms with Gasteiger partial charge >= 0.3 is 0 Å². The summed E-state index contributed by atoms with van der Waals surface area (Å²) in [4.78, 5) is 45.6. The van der Waals surface area contributed by atoms with Gasteiger partial charge in [-0.05, 0) is 73.7 Å². The normalized spacial score (nSPS) is 21.6. The molecule has 1 atom stereocenters. The number of hydrogen-bond acceptors (Lipinski definition) is 5. The molecule has 1 N–H and O–H groups in total. The second-order valence-corrected chi connectivity index (χ2v) is 9.67. The van der Waals surface area contributed by atoms with E-state index in [0.717, 1.165) is 54.9 Å². The van der Waals surface area contributed by atoms with Crippen LogP contribution < -0.4 is 5.32 Å². The van der Waals surface area contributed by atoms with Gasteiger partial charge in [0, 0.05) is 37.5 Å². The molecule has 9 heteroatoms. The fourth-order valence-corrected chi connectivity index (χ4v) is 5.71. The van der Waals surface area contributed by atoms with Crippen LogP contribution in [-0.2, 0) is 22.7 Å². The molecule has 0 spiro atoms. The standard InChI is InChI=1S/C26H26FN5O3/c27-17-11-19(21-15-32(26(35)20(21)12-17)22-4-5-24(33)29-25(22)34)16-6-9-30(10-7-16)13-18-14-31-8-2-1-3-23(31)28-18/h1-3,8,11-12,14,16,22H,4-7,9-10,13,15H2,(H,29,33,34). The lowest BCUT2D eigenvalue weighted by atomic mass is 9.85. The number of likely N-dealkylation sites (tertiary alicyclic amines) is 1. The Morgan fingerprint density at radius 3 is 2.69 bits per heavy atom. The Hall–Kier alpha value is -3.59. The van der Waals surface area contributed by atoms with Gasteiger partial charge in [0.15, 0.2) is 0 Å². The minimum Gasteiger partial charge on any atom is -0.322 e. The molecule has 3 aromatic rings. The van der Waals surface area contributed by atoms with Gasteiger partial charge in [-0.2, -0.15) is 0 Å². The minimum atomic E-state index is -0.698. The molecule has 1 unspecified atom stereocenters. The quantitative estimate of drug-likeness (QED) is 0.587. The third-order valence-electron chi connectivity index (χ3n) is 7.48. The zero-order valence-electron chi connectivity index (χ0n) is 19.2. The highest BCUT2D eigenvalue weighted by Gasteiger charge is 2.41. The van der Waals surface area contributed by atoms with Crippen LogP contribution in [-0.4, -0.2) is 56.0 Å². The van der Waals surface area contributed by atoms with Gasteiger partial charge in [-0.3, -0.25) is 24.6 Å². The molecule has 0 aliphatic carbocycles. The maximum Gasteiger partial charge on any atom is 0.255 e. The number of amides is 3. The van der Waals surface area contributed by atoms with Crippen molar-refractivity contribution in [2.75, 3.05) is 13.1 Å². The summed E-state index contributed by atoms with van der Waals surface area (Å²) in [5.74, 6) is -1.39. The molecule has 3 aliphatic rings. The maximum absolute atomic E-state index is 14.6. The molecular formula is C26H26FN5O3. The van der Waals surface area contributed by atoms with Gasteiger partial charge in [-0.25, -0.2) is 9.37 Å². The van der Waals surface area contributed by atoms with E-state index < -0.39 is 17.8 Å². The molecule has 0 saturated carbocycles. The van der Waals surface area contributed by atoms with E-state index in [4.69, 9.17) is 0 Å². The van der Waals surface area contributed by atoms with Crippen molar-refractivity contribution in [1.82, 2.24) is 24.5 Å². The predicted molar refractivity (Wildman–Crippen MR) is 125 cm³/mol. The van der Waals surface area contributed by atoms with E-state index in [0.29, 0.717) is 12.0 Å². The molecular weight excluding hydrogens is 449 g/mol. The predicted octanol–water partition coefficient (Wildman–Crippen LogP) is 2.61. The lowest BCUT2D eigenvalue weighted by Gasteiger charge is -2.33. The second kappa shape index (κ2) is 8.57. The van der Waals surface area contributed by atoms with Gasteiger partial charge in [-0.15, -0.1) is 0 Å². The first-order chi connectivity index (χ1) is 17.0. The first kappa shape index (κ1) is 21.9. The molecule has 6 rings (SSSR count). The van der Waals surface area contributed by atoms with E-state index in [1.807, 2.05) is 28.8 Å². The summed E-state index contributed by atoms with van der Waals surface area (Å²) in [6.45, 7) is 2.75. The molecule has 0 bridgehead atoms. The Kier molecular flexibility index (Phi) is 5.36.